The van der Waals surface area contributed by atoms with Gasteiger partial charge in [-0.3, -0.25) is 9.59 Å². The van der Waals surface area contributed by atoms with Crippen LogP contribution in [0.25, 0.3) is 0 Å². The Labute approximate surface area is 153 Å². The van der Waals surface area contributed by atoms with E-state index in [0.29, 0.717) is 5.92 Å². The average molecular weight is 358 g/mol. The molecule has 0 saturated carbocycles. The van der Waals surface area contributed by atoms with Crippen molar-refractivity contribution in [3.8, 4) is 0 Å². The number of hydrogen-bond donors (Lipinski definition) is 2. The fourth-order valence-electron chi connectivity index (χ4n) is 2.30. The van der Waals surface area contributed by atoms with E-state index in [1.807, 2.05) is 12.1 Å². The first-order valence-corrected chi connectivity index (χ1v) is 8.52. The highest BCUT2D eigenvalue weighted by Crippen LogP contribution is 2.17. The summed E-state index contributed by atoms with van der Waals surface area (Å²) < 4.78 is 1.34. The Kier molecular flexibility index (Phi) is 6.46. The first-order chi connectivity index (χ1) is 12.3. The lowest BCUT2D eigenvalue weighted by molar-refractivity contribution is -0.129. The van der Waals surface area contributed by atoms with E-state index in [4.69, 9.17) is 5.73 Å². The van der Waals surface area contributed by atoms with Crippen molar-refractivity contribution in [2.75, 3.05) is 20.6 Å². The molecule has 0 aliphatic carbocycles. The Hall–Kier alpha value is -2.74. The molecule has 0 saturated heterocycles. The van der Waals surface area contributed by atoms with Crippen LogP contribution in [0, 0.1) is 0 Å². The summed E-state index contributed by atoms with van der Waals surface area (Å²) in [5.74, 6) is -0.0431. The molecule has 0 aliphatic heterocycles. The molecule has 1 aromatic heterocycles. The number of amides is 2. The molecule has 1 heterocycles. The van der Waals surface area contributed by atoms with E-state index in [9.17, 15) is 9.59 Å². The Morgan fingerprint density at radius 3 is 2.38 bits per heavy atom. The van der Waals surface area contributed by atoms with Gasteiger partial charge in [0.25, 0.3) is 5.91 Å². The maximum absolute atomic E-state index is 12.2. The minimum atomic E-state index is -0.372. The predicted octanol–water partition coefficient (Wildman–Crippen LogP) is 0.920. The summed E-state index contributed by atoms with van der Waals surface area (Å²) in [6.45, 7) is 4.58. The van der Waals surface area contributed by atoms with Gasteiger partial charge in [-0.15, -0.1) is 5.10 Å². The first kappa shape index (κ1) is 19.6. The molecular weight excluding hydrogens is 332 g/mol. The standard InChI is InChI=1S/C18H26N6O2/c1-12(2)13-5-7-14(8-6-13)15(19)9-20-18(26)16-10-24(22-21-16)11-17(25)23(3)4/h5-8,10,12,15H,9,11,19H2,1-4H3,(H,20,26). The summed E-state index contributed by atoms with van der Waals surface area (Å²) >= 11 is 0. The summed E-state index contributed by atoms with van der Waals surface area (Å²) in [7, 11) is 3.31. The van der Waals surface area contributed by atoms with E-state index >= 15 is 0 Å². The molecule has 1 atom stereocenters. The van der Waals surface area contributed by atoms with Crippen molar-refractivity contribution in [1.82, 2.24) is 25.2 Å². The highest BCUT2D eigenvalue weighted by molar-refractivity contribution is 5.91. The van der Waals surface area contributed by atoms with Gasteiger partial charge in [-0.1, -0.05) is 43.3 Å². The lowest BCUT2D eigenvalue weighted by Crippen LogP contribution is -2.32. The predicted molar refractivity (Wildman–Crippen MR) is 98.5 cm³/mol. The molecule has 0 aliphatic rings. The molecule has 26 heavy (non-hydrogen) atoms. The molecule has 140 valence electrons. The largest absolute Gasteiger partial charge is 0.349 e. The van der Waals surface area contributed by atoms with Crippen molar-refractivity contribution in [3.63, 3.8) is 0 Å². The number of likely N-dealkylation sites (N-methyl/N-ethyl adjacent to an activating group) is 1. The number of carbonyl (C=O) groups is 2. The number of aromatic nitrogens is 3. The number of nitrogens with zero attached hydrogens (tertiary/aromatic N) is 4. The van der Waals surface area contributed by atoms with Crippen LogP contribution in [0.2, 0.25) is 0 Å². The van der Waals surface area contributed by atoms with Crippen LogP contribution in [0.5, 0.6) is 0 Å². The van der Waals surface area contributed by atoms with Gasteiger partial charge in [0.1, 0.15) is 6.54 Å². The Balaban J connectivity index is 1.89. The normalized spacial score (nSPS) is 12.1. The van der Waals surface area contributed by atoms with Gasteiger partial charge in [0.2, 0.25) is 5.91 Å². The monoisotopic (exact) mass is 358 g/mol. The molecule has 0 bridgehead atoms. The van der Waals surface area contributed by atoms with Gasteiger partial charge in [0.05, 0.1) is 6.20 Å². The Morgan fingerprint density at radius 2 is 1.81 bits per heavy atom. The lowest BCUT2D eigenvalue weighted by Gasteiger charge is -2.14. The highest BCUT2D eigenvalue weighted by atomic mass is 16.2. The molecule has 8 heteroatoms. The second-order valence-electron chi connectivity index (χ2n) is 6.73. The van der Waals surface area contributed by atoms with E-state index in [0.717, 1.165) is 5.56 Å². The van der Waals surface area contributed by atoms with E-state index in [-0.39, 0.29) is 36.6 Å². The van der Waals surface area contributed by atoms with Crippen LogP contribution in [0.3, 0.4) is 0 Å². The summed E-state index contributed by atoms with van der Waals surface area (Å²) in [6.07, 6.45) is 1.44. The van der Waals surface area contributed by atoms with Crippen LogP contribution in [-0.4, -0.2) is 52.3 Å². The van der Waals surface area contributed by atoms with Crippen LogP contribution < -0.4 is 11.1 Å². The number of rotatable bonds is 7. The lowest BCUT2D eigenvalue weighted by atomic mass is 9.99. The smallest absolute Gasteiger partial charge is 0.273 e. The molecular formula is C18H26N6O2. The van der Waals surface area contributed by atoms with Crippen LogP contribution in [0.1, 0.15) is 47.4 Å². The minimum absolute atomic E-state index is 0.0367. The van der Waals surface area contributed by atoms with Gasteiger partial charge in [-0.25, -0.2) is 4.68 Å². The van der Waals surface area contributed by atoms with Crippen molar-refractivity contribution >= 4 is 11.8 Å². The summed E-state index contributed by atoms with van der Waals surface area (Å²) in [6, 6.07) is 7.75. The van der Waals surface area contributed by atoms with E-state index in [2.05, 4.69) is 41.6 Å². The van der Waals surface area contributed by atoms with Crippen molar-refractivity contribution in [3.05, 3.63) is 47.3 Å². The minimum Gasteiger partial charge on any atom is -0.349 e. The van der Waals surface area contributed by atoms with Crippen LogP contribution in [0.4, 0.5) is 0 Å². The number of carbonyl (C=O) groups excluding carboxylic acids is 2. The summed E-state index contributed by atoms with van der Waals surface area (Å²) in [4.78, 5) is 25.3. The van der Waals surface area contributed by atoms with Crippen LogP contribution >= 0.6 is 0 Å². The van der Waals surface area contributed by atoms with Crippen molar-refractivity contribution < 1.29 is 9.59 Å². The molecule has 2 amide bonds. The van der Waals surface area contributed by atoms with Gasteiger partial charge < -0.3 is 16.0 Å². The van der Waals surface area contributed by atoms with E-state index in [1.54, 1.807) is 14.1 Å². The van der Waals surface area contributed by atoms with Gasteiger partial charge >= 0.3 is 0 Å². The topological polar surface area (TPSA) is 106 Å². The van der Waals surface area contributed by atoms with Crippen LogP contribution in [0.15, 0.2) is 30.5 Å². The molecule has 1 unspecified atom stereocenters. The second-order valence-corrected chi connectivity index (χ2v) is 6.73. The molecule has 2 aromatic rings. The third kappa shape index (κ3) is 5.13. The molecule has 0 spiro atoms. The third-order valence-electron chi connectivity index (χ3n) is 4.08. The highest BCUT2D eigenvalue weighted by Gasteiger charge is 2.15. The van der Waals surface area contributed by atoms with E-state index in [1.165, 1.54) is 21.3 Å². The zero-order valence-corrected chi connectivity index (χ0v) is 15.6. The van der Waals surface area contributed by atoms with Gasteiger partial charge in [-0.05, 0) is 17.0 Å². The van der Waals surface area contributed by atoms with Gasteiger partial charge in [0.15, 0.2) is 5.69 Å². The zero-order valence-electron chi connectivity index (χ0n) is 15.6. The average Bonchev–Trinajstić information content (AvgIpc) is 3.07. The van der Waals surface area contributed by atoms with Crippen molar-refractivity contribution in [1.29, 1.82) is 0 Å². The van der Waals surface area contributed by atoms with Crippen molar-refractivity contribution in [2.24, 2.45) is 5.73 Å². The quantitative estimate of drug-likeness (QED) is 0.765. The molecule has 3 N–H and O–H groups in total. The molecule has 1 aromatic carbocycles. The van der Waals surface area contributed by atoms with Crippen molar-refractivity contribution in [2.45, 2.75) is 32.4 Å². The maximum atomic E-state index is 12.2. The molecule has 0 radical (unpaired) electrons. The summed E-state index contributed by atoms with van der Waals surface area (Å²) in [5, 5.41) is 10.3. The van der Waals surface area contributed by atoms with Gasteiger partial charge in [-0.2, -0.15) is 0 Å². The Morgan fingerprint density at radius 1 is 1.19 bits per heavy atom. The first-order valence-electron chi connectivity index (χ1n) is 8.52. The Bertz CT molecular complexity index is 751. The second kappa shape index (κ2) is 8.57. The fourth-order valence-corrected chi connectivity index (χ4v) is 2.30. The summed E-state index contributed by atoms with van der Waals surface area (Å²) in [5.41, 5.74) is 8.50. The SMILES string of the molecule is CC(C)c1ccc(C(N)CNC(=O)c2cn(CC(=O)N(C)C)nn2)cc1. The number of hydrogen-bond acceptors (Lipinski definition) is 5. The molecule has 8 nitrogen and oxygen atoms in total. The zero-order chi connectivity index (χ0) is 19.3. The number of nitrogens with one attached hydrogen (secondary N) is 1. The molecule has 2 rings (SSSR count). The molecule has 0 fully saturated rings. The van der Waals surface area contributed by atoms with E-state index < -0.39 is 0 Å². The number of nitrogens with two attached hydrogens (primary N) is 1. The van der Waals surface area contributed by atoms with Gasteiger partial charge in [0, 0.05) is 26.7 Å². The fraction of sp³-hybridized carbons (Fsp3) is 0.444. The third-order valence-corrected chi connectivity index (χ3v) is 4.08. The van der Waals surface area contributed by atoms with Crippen LogP contribution in [-0.2, 0) is 11.3 Å². The number of benzene rings is 1. The maximum Gasteiger partial charge on any atom is 0.273 e.